The lowest BCUT2D eigenvalue weighted by Crippen LogP contribution is -2.30. The van der Waals surface area contributed by atoms with Crippen LogP contribution in [0.15, 0.2) is 108 Å². The van der Waals surface area contributed by atoms with Gasteiger partial charge in [-0.2, -0.15) is 0 Å². The fourth-order valence-electron chi connectivity index (χ4n) is 3.91. The first-order chi connectivity index (χ1) is 20.8. The molecule has 1 atom stereocenters. The van der Waals surface area contributed by atoms with Crippen molar-refractivity contribution in [1.29, 1.82) is 0 Å². The first-order valence-corrected chi connectivity index (χ1v) is 14.5. The molecule has 3 N–H and O–H groups in total. The standard InChI is InChI=1S/C33H30ClN3O5S/c1-21(31(38)36-28-20-25(41-2)15-18-30(28)42-3)43-26-16-13-24(14-17-26)35-33(40)29(19-23-11-7-8-12-27(23)34)37-32(39)22-9-5-4-6-10-22/h4-21H,1-3H3,(H,35,40)(H,36,38)(H,37,39)/b29-19-. The monoisotopic (exact) mass is 615 g/mol. The van der Waals surface area contributed by atoms with Crippen molar-refractivity contribution in [3.8, 4) is 11.5 Å². The van der Waals surface area contributed by atoms with Gasteiger partial charge in [-0.05, 0) is 73.2 Å². The minimum atomic E-state index is -0.524. The average Bonchev–Trinajstić information content (AvgIpc) is 3.02. The Bertz CT molecular complexity index is 1630. The Morgan fingerprint density at radius 1 is 0.837 bits per heavy atom. The van der Waals surface area contributed by atoms with Crippen molar-refractivity contribution in [3.05, 3.63) is 119 Å². The summed E-state index contributed by atoms with van der Waals surface area (Å²) in [7, 11) is 3.08. The van der Waals surface area contributed by atoms with Gasteiger partial charge >= 0.3 is 0 Å². The number of carbonyl (C=O) groups excluding carboxylic acids is 3. The highest BCUT2D eigenvalue weighted by Gasteiger charge is 2.18. The second-order valence-electron chi connectivity index (χ2n) is 9.19. The molecule has 4 aromatic carbocycles. The number of rotatable bonds is 11. The third-order valence-electron chi connectivity index (χ3n) is 6.19. The Kier molecular flexibility index (Phi) is 10.9. The van der Waals surface area contributed by atoms with E-state index in [1.54, 1.807) is 111 Å². The van der Waals surface area contributed by atoms with Gasteiger partial charge in [-0.3, -0.25) is 14.4 Å². The molecule has 0 radical (unpaired) electrons. The van der Waals surface area contributed by atoms with Gasteiger partial charge in [0.05, 0.1) is 25.2 Å². The van der Waals surface area contributed by atoms with Crippen LogP contribution in [0.25, 0.3) is 6.08 Å². The lowest BCUT2D eigenvalue weighted by molar-refractivity contribution is -0.115. The van der Waals surface area contributed by atoms with Crippen LogP contribution >= 0.6 is 23.4 Å². The van der Waals surface area contributed by atoms with Gasteiger partial charge in [0.25, 0.3) is 11.8 Å². The fourth-order valence-corrected chi connectivity index (χ4v) is 4.97. The Balaban J connectivity index is 1.44. The minimum absolute atomic E-state index is 0.0265. The maximum atomic E-state index is 13.3. The number of thioether (sulfide) groups is 1. The van der Waals surface area contributed by atoms with E-state index < -0.39 is 17.1 Å². The number of nitrogens with one attached hydrogen (secondary N) is 3. The molecule has 4 rings (SSSR count). The molecular formula is C33H30ClN3O5S. The molecule has 0 saturated heterocycles. The molecule has 3 amide bonds. The van der Waals surface area contributed by atoms with Crippen LogP contribution < -0.4 is 25.4 Å². The molecule has 0 aromatic heterocycles. The SMILES string of the molecule is COc1ccc(OC)c(NC(=O)C(C)Sc2ccc(NC(=O)/C(=C/c3ccccc3Cl)NC(=O)c3ccccc3)cc2)c1. The Labute approximate surface area is 259 Å². The van der Waals surface area contributed by atoms with E-state index in [1.165, 1.54) is 24.9 Å². The predicted molar refractivity (Wildman–Crippen MR) is 172 cm³/mol. The molecular weight excluding hydrogens is 586 g/mol. The molecule has 0 aliphatic rings. The van der Waals surface area contributed by atoms with Crippen LogP contribution in [0.5, 0.6) is 11.5 Å². The van der Waals surface area contributed by atoms with E-state index >= 15 is 0 Å². The van der Waals surface area contributed by atoms with E-state index in [2.05, 4.69) is 16.0 Å². The quantitative estimate of drug-likeness (QED) is 0.125. The minimum Gasteiger partial charge on any atom is -0.497 e. The number of benzene rings is 4. The highest BCUT2D eigenvalue weighted by molar-refractivity contribution is 8.00. The summed E-state index contributed by atoms with van der Waals surface area (Å²) in [6.45, 7) is 1.80. The molecule has 0 saturated carbocycles. The van der Waals surface area contributed by atoms with Gasteiger partial charge in [-0.15, -0.1) is 11.8 Å². The van der Waals surface area contributed by atoms with Crippen molar-refractivity contribution in [1.82, 2.24) is 5.32 Å². The molecule has 0 spiro atoms. The van der Waals surface area contributed by atoms with Gasteiger partial charge in [0.2, 0.25) is 5.91 Å². The maximum absolute atomic E-state index is 13.3. The van der Waals surface area contributed by atoms with E-state index in [9.17, 15) is 14.4 Å². The first-order valence-electron chi connectivity index (χ1n) is 13.2. The average molecular weight is 616 g/mol. The van der Waals surface area contributed by atoms with Gasteiger partial charge in [-0.1, -0.05) is 48.0 Å². The van der Waals surface area contributed by atoms with Gasteiger partial charge in [-0.25, -0.2) is 0 Å². The third-order valence-corrected chi connectivity index (χ3v) is 7.65. The van der Waals surface area contributed by atoms with Crippen LogP contribution in [0, 0.1) is 0 Å². The molecule has 43 heavy (non-hydrogen) atoms. The van der Waals surface area contributed by atoms with Gasteiger partial charge in [0, 0.05) is 27.2 Å². The summed E-state index contributed by atoms with van der Waals surface area (Å²) in [5.41, 5.74) is 2.03. The summed E-state index contributed by atoms with van der Waals surface area (Å²) in [6.07, 6.45) is 1.53. The van der Waals surface area contributed by atoms with E-state index in [-0.39, 0.29) is 11.6 Å². The molecule has 0 aliphatic heterocycles. The number of hydrogen-bond donors (Lipinski definition) is 3. The number of anilines is 2. The molecule has 0 bridgehead atoms. The van der Waals surface area contributed by atoms with Crippen molar-refractivity contribution in [2.45, 2.75) is 17.1 Å². The molecule has 0 fully saturated rings. The molecule has 0 aliphatic carbocycles. The summed E-state index contributed by atoms with van der Waals surface area (Å²) >= 11 is 7.67. The smallest absolute Gasteiger partial charge is 0.272 e. The van der Waals surface area contributed by atoms with Crippen molar-refractivity contribution in [2.24, 2.45) is 0 Å². The molecule has 8 nitrogen and oxygen atoms in total. The van der Waals surface area contributed by atoms with Crippen LogP contribution in [0.1, 0.15) is 22.8 Å². The zero-order valence-corrected chi connectivity index (χ0v) is 25.3. The molecule has 220 valence electrons. The van der Waals surface area contributed by atoms with Crippen molar-refractivity contribution in [2.75, 3.05) is 24.9 Å². The number of hydrogen-bond acceptors (Lipinski definition) is 6. The van der Waals surface area contributed by atoms with Gasteiger partial charge < -0.3 is 25.4 Å². The zero-order chi connectivity index (χ0) is 30.8. The topological polar surface area (TPSA) is 106 Å². The van der Waals surface area contributed by atoms with E-state index in [0.717, 1.165) is 4.90 Å². The first kappa shape index (κ1) is 31.2. The van der Waals surface area contributed by atoms with Crippen molar-refractivity contribution >= 4 is 58.5 Å². The summed E-state index contributed by atoms with van der Waals surface area (Å²) in [4.78, 5) is 39.9. The highest BCUT2D eigenvalue weighted by Crippen LogP contribution is 2.31. The largest absolute Gasteiger partial charge is 0.497 e. The third kappa shape index (κ3) is 8.64. The Morgan fingerprint density at radius 2 is 1.53 bits per heavy atom. The number of amides is 3. The summed E-state index contributed by atoms with van der Waals surface area (Å²) < 4.78 is 10.6. The van der Waals surface area contributed by atoms with Crippen LogP contribution in [0.4, 0.5) is 11.4 Å². The number of methoxy groups -OCH3 is 2. The van der Waals surface area contributed by atoms with Crippen LogP contribution in [0.2, 0.25) is 5.02 Å². The molecule has 10 heteroatoms. The predicted octanol–water partition coefficient (Wildman–Crippen LogP) is 6.89. The second kappa shape index (κ2) is 14.9. The maximum Gasteiger partial charge on any atom is 0.272 e. The van der Waals surface area contributed by atoms with E-state index in [4.69, 9.17) is 21.1 Å². The normalized spacial score (nSPS) is 11.7. The molecule has 4 aromatic rings. The van der Waals surface area contributed by atoms with Crippen LogP contribution in [-0.2, 0) is 9.59 Å². The number of halogens is 1. The Hall–Kier alpha value is -4.73. The van der Waals surface area contributed by atoms with Crippen LogP contribution in [-0.4, -0.2) is 37.2 Å². The van der Waals surface area contributed by atoms with Gasteiger partial charge in [0.15, 0.2) is 0 Å². The second-order valence-corrected chi connectivity index (χ2v) is 11.0. The summed E-state index contributed by atoms with van der Waals surface area (Å²) in [5, 5.41) is 8.41. The zero-order valence-electron chi connectivity index (χ0n) is 23.7. The number of carbonyl (C=O) groups is 3. The molecule has 0 heterocycles. The van der Waals surface area contributed by atoms with Crippen molar-refractivity contribution in [3.63, 3.8) is 0 Å². The lowest BCUT2D eigenvalue weighted by atomic mass is 10.1. The summed E-state index contributed by atoms with van der Waals surface area (Å²) in [6, 6.07) is 27.8. The molecule has 1 unspecified atom stereocenters. The number of ether oxygens (including phenoxy) is 2. The Morgan fingerprint density at radius 3 is 2.21 bits per heavy atom. The van der Waals surface area contributed by atoms with E-state index in [0.29, 0.717) is 39.0 Å². The highest BCUT2D eigenvalue weighted by atomic mass is 35.5. The summed E-state index contributed by atoms with van der Waals surface area (Å²) in [5.74, 6) is -0.0467. The lowest BCUT2D eigenvalue weighted by Gasteiger charge is -2.15. The van der Waals surface area contributed by atoms with E-state index in [1.807, 2.05) is 0 Å². The fraction of sp³-hybridized carbons (Fsp3) is 0.121. The van der Waals surface area contributed by atoms with Gasteiger partial charge in [0.1, 0.15) is 17.2 Å². The van der Waals surface area contributed by atoms with Crippen LogP contribution in [0.3, 0.4) is 0 Å². The van der Waals surface area contributed by atoms with Crippen molar-refractivity contribution < 1.29 is 23.9 Å².